The minimum Gasteiger partial charge on any atom is -0.469 e. The maximum atomic E-state index is 15.1. The molecule has 11 heteroatoms. The van der Waals surface area contributed by atoms with Gasteiger partial charge in [-0.15, -0.1) is 0 Å². The van der Waals surface area contributed by atoms with Crippen molar-refractivity contribution in [2.24, 2.45) is 17.8 Å². The molecule has 3 heterocycles. The first-order valence-electron chi connectivity index (χ1n) is 15.4. The fraction of sp³-hybridized carbons (Fsp3) is 0.314. The minimum absolute atomic E-state index is 0.0695. The number of rotatable bonds is 7. The van der Waals surface area contributed by atoms with Gasteiger partial charge >= 0.3 is 5.97 Å². The molecule has 8 rings (SSSR count). The van der Waals surface area contributed by atoms with E-state index >= 15 is 4.39 Å². The molecule has 9 nitrogen and oxygen atoms in total. The van der Waals surface area contributed by atoms with Crippen molar-refractivity contribution in [1.82, 2.24) is 18.9 Å². The topological polar surface area (TPSA) is 116 Å². The Hall–Kier alpha value is -4.64. The molecule has 46 heavy (non-hydrogen) atoms. The second kappa shape index (κ2) is 11.6. The molecule has 3 saturated carbocycles. The van der Waals surface area contributed by atoms with E-state index < -0.39 is 15.8 Å². The number of carbonyl (C=O) groups excluding carboxylic acids is 1. The van der Waals surface area contributed by atoms with E-state index in [2.05, 4.69) is 10.3 Å². The Kier molecular flexibility index (Phi) is 7.59. The van der Waals surface area contributed by atoms with Gasteiger partial charge in [0, 0.05) is 34.8 Å². The summed E-state index contributed by atoms with van der Waals surface area (Å²) >= 11 is 0. The van der Waals surface area contributed by atoms with Gasteiger partial charge in [-0.25, -0.2) is 31.7 Å². The van der Waals surface area contributed by atoms with E-state index in [4.69, 9.17) is 14.7 Å². The number of ether oxygens (including phenoxy) is 1. The van der Waals surface area contributed by atoms with Gasteiger partial charge in [0.15, 0.2) is 11.5 Å². The lowest BCUT2D eigenvalue weighted by Crippen LogP contribution is -2.51. The Labute approximate surface area is 266 Å². The van der Waals surface area contributed by atoms with Crippen molar-refractivity contribution in [3.8, 4) is 22.6 Å². The van der Waals surface area contributed by atoms with Crippen LogP contribution >= 0.6 is 0 Å². The third-order valence-corrected chi connectivity index (χ3v) is 11.2. The van der Waals surface area contributed by atoms with Crippen molar-refractivity contribution >= 4 is 32.8 Å². The summed E-state index contributed by atoms with van der Waals surface area (Å²) in [5.41, 5.74) is 2.78. The van der Waals surface area contributed by atoms with Gasteiger partial charge in [-0.05, 0) is 69.6 Å². The van der Waals surface area contributed by atoms with Gasteiger partial charge < -0.3 is 10.1 Å². The first-order chi connectivity index (χ1) is 22.1. The summed E-state index contributed by atoms with van der Waals surface area (Å²) in [4.78, 5) is 27.2. The van der Waals surface area contributed by atoms with E-state index in [1.54, 1.807) is 12.1 Å². The van der Waals surface area contributed by atoms with Gasteiger partial charge in [-0.1, -0.05) is 48.0 Å². The Morgan fingerprint density at radius 2 is 1.63 bits per heavy atom. The molecule has 2 bridgehead atoms. The molecule has 0 spiro atoms. The lowest BCUT2D eigenvalue weighted by molar-refractivity contribution is -0.152. The number of methoxy groups -OCH3 is 1. The molecule has 2 atom stereocenters. The van der Waals surface area contributed by atoms with Crippen molar-refractivity contribution in [3.63, 3.8) is 0 Å². The Morgan fingerprint density at radius 1 is 0.935 bits per heavy atom. The third-order valence-electron chi connectivity index (χ3n) is 9.50. The summed E-state index contributed by atoms with van der Waals surface area (Å²) in [5, 5.41) is 3.83. The van der Waals surface area contributed by atoms with Crippen LogP contribution in [0.4, 0.5) is 10.2 Å². The molecule has 0 radical (unpaired) electrons. The zero-order valence-corrected chi connectivity index (χ0v) is 26.6. The van der Waals surface area contributed by atoms with Crippen molar-refractivity contribution in [1.29, 1.82) is 0 Å². The molecule has 3 aromatic heterocycles. The molecule has 0 amide bonds. The summed E-state index contributed by atoms with van der Waals surface area (Å²) in [7, 11) is -2.69. The molecular weight excluding hydrogens is 605 g/mol. The Morgan fingerprint density at radius 3 is 2.33 bits per heavy atom. The highest BCUT2D eigenvalue weighted by molar-refractivity contribution is 7.90. The van der Waals surface area contributed by atoms with Crippen LogP contribution in [0, 0.1) is 37.4 Å². The number of esters is 1. The van der Waals surface area contributed by atoms with Crippen LogP contribution in [0.1, 0.15) is 36.9 Å². The smallest absolute Gasteiger partial charge is 0.311 e. The van der Waals surface area contributed by atoms with Crippen LogP contribution in [0.2, 0.25) is 0 Å². The van der Waals surface area contributed by atoms with Gasteiger partial charge in [-0.3, -0.25) is 4.79 Å². The highest BCUT2D eigenvalue weighted by Gasteiger charge is 2.48. The normalized spacial score (nSPS) is 21.0. The van der Waals surface area contributed by atoms with E-state index in [0.29, 0.717) is 17.1 Å². The Bertz CT molecular complexity index is 2060. The molecule has 0 saturated heterocycles. The standard InChI is InChI=1S/C35H34FN5O4S/c1-20-9-15-25(16-10-20)46(43,44)41-19-27(26-17-28(36)21(2)37-34(26)41)33-38-29(22-7-5-4-6-8-22)18-30(40-33)39-32-24-13-11-23(12-14-24)31(32)35(42)45-3/h4-10,15-19,23-24,31-32H,11-14H2,1-3H3,(H,38,39,40). The second-order valence-electron chi connectivity index (χ2n) is 12.3. The lowest BCUT2D eigenvalue weighted by Gasteiger charge is -2.47. The largest absolute Gasteiger partial charge is 0.469 e. The number of nitrogens with one attached hydrogen (secondary N) is 1. The maximum Gasteiger partial charge on any atom is 0.311 e. The van der Waals surface area contributed by atoms with Crippen molar-refractivity contribution in [2.45, 2.75) is 50.5 Å². The number of pyridine rings is 1. The number of anilines is 1. The lowest BCUT2D eigenvalue weighted by atomic mass is 9.61. The number of hydrogen-bond acceptors (Lipinski definition) is 8. The number of hydrogen-bond donors (Lipinski definition) is 1. The van der Waals surface area contributed by atoms with Crippen LogP contribution in [-0.4, -0.2) is 46.5 Å². The molecule has 3 aliphatic rings. The van der Waals surface area contributed by atoms with Crippen LogP contribution in [0.25, 0.3) is 33.7 Å². The first kappa shape index (κ1) is 30.0. The van der Waals surface area contributed by atoms with Gasteiger partial charge in [0.2, 0.25) is 0 Å². The quantitative estimate of drug-likeness (QED) is 0.200. The highest BCUT2D eigenvalue weighted by Crippen LogP contribution is 2.47. The molecule has 5 aromatic rings. The first-order valence-corrected chi connectivity index (χ1v) is 16.9. The van der Waals surface area contributed by atoms with Gasteiger partial charge in [0.1, 0.15) is 11.6 Å². The molecular formula is C35H34FN5O4S. The van der Waals surface area contributed by atoms with E-state index in [-0.39, 0.29) is 57.2 Å². The molecule has 2 unspecified atom stereocenters. The van der Waals surface area contributed by atoms with Gasteiger partial charge in [-0.2, -0.15) is 0 Å². The van der Waals surface area contributed by atoms with E-state index in [0.717, 1.165) is 40.8 Å². The third kappa shape index (κ3) is 5.22. The number of benzene rings is 2. The van der Waals surface area contributed by atoms with Crippen molar-refractivity contribution in [3.05, 3.63) is 90.0 Å². The van der Waals surface area contributed by atoms with Crippen LogP contribution in [0.15, 0.2) is 77.8 Å². The van der Waals surface area contributed by atoms with Crippen LogP contribution < -0.4 is 5.32 Å². The SMILES string of the molecule is COC(=O)C1C2CCC(CC2)C1Nc1cc(-c2ccccc2)nc(-c2cn(S(=O)(=O)c3ccc(C)cc3)c3nc(C)c(F)cc23)n1. The zero-order chi connectivity index (χ0) is 32.2. The van der Waals surface area contributed by atoms with Crippen LogP contribution in [-0.2, 0) is 19.6 Å². The van der Waals surface area contributed by atoms with E-state index in [1.807, 2.05) is 43.3 Å². The highest BCUT2D eigenvalue weighted by atomic mass is 32.2. The van der Waals surface area contributed by atoms with Gasteiger partial charge in [0.25, 0.3) is 10.0 Å². The molecule has 1 N–H and O–H groups in total. The second-order valence-corrected chi connectivity index (χ2v) is 14.1. The molecule has 0 aliphatic heterocycles. The number of halogens is 1. The molecule has 2 aromatic carbocycles. The average molecular weight is 640 g/mol. The summed E-state index contributed by atoms with van der Waals surface area (Å²) in [5.74, 6) is 0.0775. The van der Waals surface area contributed by atoms with E-state index in [1.165, 1.54) is 38.4 Å². The predicted molar refractivity (Wildman–Crippen MR) is 173 cm³/mol. The Balaban J connectivity index is 1.41. The van der Waals surface area contributed by atoms with Crippen LogP contribution in [0.3, 0.4) is 0 Å². The number of aryl methyl sites for hydroxylation is 2. The predicted octanol–water partition coefficient (Wildman–Crippen LogP) is 6.54. The van der Waals surface area contributed by atoms with Crippen LogP contribution in [0.5, 0.6) is 0 Å². The maximum absolute atomic E-state index is 15.1. The average Bonchev–Trinajstić information content (AvgIpc) is 3.44. The summed E-state index contributed by atoms with van der Waals surface area (Å²) < 4.78 is 49.3. The van der Waals surface area contributed by atoms with Crippen molar-refractivity contribution in [2.75, 3.05) is 12.4 Å². The summed E-state index contributed by atoms with van der Waals surface area (Å²) in [6, 6.07) is 19.0. The van der Waals surface area contributed by atoms with Gasteiger partial charge in [0.05, 0.1) is 29.3 Å². The fourth-order valence-electron chi connectivity index (χ4n) is 7.07. The number of nitrogens with zero attached hydrogens (tertiary/aromatic N) is 4. The summed E-state index contributed by atoms with van der Waals surface area (Å²) in [6.45, 7) is 3.37. The van der Waals surface area contributed by atoms with E-state index in [9.17, 15) is 13.2 Å². The molecule has 236 valence electrons. The number of fused-ring (bicyclic) bond motifs is 4. The number of carbonyl (C=O) groups is 1. The monoisotopic (exact) mass is 639 g/mol. The molecule has 3 aliphatic carbocycles. The molecule has 3 fully saturated rings. The fourth-order valence-corrected chi connectivity index (χ4v) is 8.39. The number of aromatic nitrogens is 4. The summed E-state index contributed by atoms with van der Waals surface area (Å²) in [6.07, 6.45) is 5.40. The minimum atomic E-state index is -4.11. The van der Waals surface area contributed by atoms with Crippen molar-refractivity contribution < 1.29 is 22.3 Å². The zero-order valence-electron chi connectivity index (χ0n) is 25.8.